The van der Waals surface area contributed by atoms with Crippen LogP contribution in [0.5, 0.6) is 0 Å². The zero-order chi connectivity index (χ0) is 20.2. The second-order valence-electron chi connectivity index (χ2n) is 6.35. The first-order valence-electron chi connectivity index (χ1n) is 8.87. The highest BCUT2D eigenvalue weighted by Gasteiger charge is 2.09. The van der Waals surface area contributed by atoms with Crippen LogP contribution < -0.4 is 10.6 Å². The first kappa shape index (κ1) is 18.3. The Balaban J connectivity index is 1.40. The van der Waals surface area contributed by atoms with Crippen molar-refractivity contribution in [3.63, 3.8) is 0 Å². The van der Waals surface area contributed by atoms with E-state index >= 15 is 0 Å². The fourth-order valence-corrected chi connectivity index (χ4v) is 2.64. The van der Waals surface area contributed by atoms with Gasteiger partial charge in [-0.05, 0) is 67.1 Å². The Labute approximate surface area is 166 Å². The minimum atomic E-state index is -0.406. The molecule has 0 fully saturated rings. The lowest BCUT2D eigenvalue weighted by molar-refractivity contribution is 0.102. The summed E-state index contributed by atoms with van der Waals surface area (Å²) in [7, 11) is 0. The van der Waals surface area contributed by atoms with Gasteiger partial charge in [0.15, 0.2) is 11.6 Å². The Morgan fingerprint density at radius 2 is 1.79 bits per heavy atom. The second kappa shape index (κ2) is 7.89. The number of benzene rings is 2. The minimum Gasteiger partial charge on any atom is -0.339 e. The van der Waals surface area contributed by atoms with Gasteiger partial charge in [-0.3, -0.25) is 4.79 Å². The van der Waals surface area contributed by atoms with Crippen LogP contribution in [0.1, 0.15) is 15.9 Å². The van der Waals surface area contributed by atoms with Gasteiger partial charge in [0.1, 0.15) is 5.82 Å². The number of anilines is 3. The van der Waals surface area contributed by atoms with Crippen LogP contribution in [0.3, 0.4) is 0 Å². The maximum atomic E-state index is 13.6. The lowest BCUT2D eigenvalue weighted by atomic mass is 10.1. The molecule has 0 aliphatic heterocycles. The molecule has 0 aliphatic rings. The molecule has 0 spiro atoms. The molecule has 7 nitrogen and oxygen atoms in total. The molecule has 1 amide bonds. The van der Waals surface area contributed by atoms with Gasteiger partial charge < -0.3 is 10.6 Å². The van der Waals surface area contributed by atoms with Crippen molar-refractivity contribution in [1.29, 1.82) is 0 Å². The molecular formula is C21H17FN6O. The highest BCUT2D eigenvalue weighted by atomic mass is 19.1. The van der Waals surface area contributed by atoms with Crippen LogP contribution in [0.2, 0.25) is 0 Å². The van der Waals surface area contributed by atoms with E-state index < -0.39 is 5.82 Å². The van der Waals surface area contributed by atoms with Crippen molar-refractivity contribution >= 4 is 23.1 Å². The highest BCUT2D eigenvalue weighted by Crippen LogP contribution is 2.19. The molecule has 2 aromatic carbocycles. The van der Waals surface area contributed by atoms with Crippen molar-refractivity contribution in [3.8, 4) is 5.82 Å². The van der Waals surface area contributed by atoms with Crippen molar-refractivity contribution in [2.24, 2.45) is 0 Å². The third-order valence-corrected chi connectivity index (χ3v) is 4.24. The lowest BCUT2D eigenvalue weighted by Gasteiger charge is -2.09. The molecule has 2 aromatic heterocycles. The van der Waals surface area contributed by atoms with E-state index in [-0.39, 0.29) is 11.5 Å². The molecule has 0 bridgehead atoms. The number of nitrogens with zero attached hydrogens (tertiary/aromatic N) is 4. The second-order valence-corrected chi connectivity index (χ2v) is 6.35. The number of halogens is 1. The molecule has 8 heteroatoms. The monoisotopic (exact) mass is 388 g/mol. The van der Waals surface area contributed by atoms with Gasteiger partial charge in [-0.25, -0.2) is 9.07 Å². The maximum absolute atomic E-state index is 13.6. The van der Waals surface area contributed by atoms with Crippen LogP contribution in [0, 0.1) is 12.7 Å². The fraction of sp³-hybridized carbons (Fsp3) is 0.0476. The van der Waals surface area contributed by atoms with Crippen LogP contribution >= 0.6 is 0 Å². The quantitative estimate of drug-likeness (QED) is 0.538. The predicted octanol–water partition coefficient (Wildman–Crippen LogP) is 4.11. The number of nitrogens with one attached hydrogen (secondary N) is 2. The number of rotatable bonds is 5. The Hall–Kier alpha value is -4.07. The number of amides is 1. The van der Waals surface area contributed by atoms with Crippen LogP contribution in [0.25, 0.3) is 5.82 Å². The van der Waals surface area contributed by atoms with Gasteiger partial charge in [0.05, 0.1) is 0 Å². The van der Waals surface area contributed by atoms with Crippen molar-refractivity contribution in [1.82, 2.24) is 20.0 Å². The largest absolute Gasteiger partial charge is 0.339 e. The Morgan fingerprint density at radius 1 is 1.00 bits per heavy atom. The van der Waals surface area contributed by atoms with Crippen molar-refractivity contribution < 1.29 is 9.18 Å². The summed E-state index contributed by atoms with van der Waals surface area (Å²) in [4.78, 5) is 12.3. The van der Waals surface area contributed by atoms with Gasteiger partial charge in [0, 0.05) is 29.3 Å². The Morgan fingerprint density at radius 3 is 2.45 bits per heavy atom. The van der Waals surface area contributed by atoms with E-state index in [1.807, 2.05) is 6.07 Å². The highest BCUT2D eigenvalue weighted by molar-refractivity contribution is 6.04. The molecule has 4 rings (SSSR count). The minimum absolute atomic E-state index is 0.267. The summed E-state index contributed by atoms with van der Waals surface area (Å²) in [6.07, 6.45) is 3.46. The Kier molecular flexibility index (Phi) is 4.98. The lowest BCUT2D eigenvalue weighted by Crippen LogP contribution is -2.12. The van der Waals surface area contributed by atoms with Crippen LogP contribution in [0.15, 0.2) is 73.1 Å². The van der Waals surface area contributed by atoms with Crippen LogP contribution in [-0.2, 0) is 0 Å². The molecule has 2 N–H and O–H groups in total. The summed E-state index contributed by atoms with van der Waals surface area (Å²) in [6, 6.07) is 16.9. The molecule has 0 unspecified atom stereocenters. The summed E-state index contributed by atoms with van der Waals surface area (Å²) < 4.78 is 15.3. The molecule has 0 atom stereocenters. The summed E-state index contributed by atoms with van der Waals surface area (Å²) in [5.41, 5.74) is 2.15. The van der Waals surface area contributed by atoms with E-state index in [4.69, 9.17) is 0 Å². The van der Waals surface area contributed by atoms with E-state index in [1.54, 1.807) is 72.5 Å². The summed E-state index contributed by atoms with van der Waals surface area (Å²) in [5, 5.41) is 18.2. The number of hydrogen-bond acceptors (Lipinski definition) is 5. The van der Waals surface area contributed by atoms with E-state index in [0.717, 1.165) is 5.69 Å². The maximum Gasteiger partial charge on any atom is 0.255 e. The van der Waals surface area contributed by atoms with Crippen molar-refractivity contribution in [3.05, 3.63) is 90.0 Å². The first-order chi connectivity index (χ1) is 14.1. The third kappa shape index (κ3) is 4.27. The van der Waals surface area contributed by atoms with Gasteiger partial charge >= 0.3 is 0 Å². The van der Waals surface area contributed by atoms with Gasteiger partial charge in [-0.2, -0.15) is 5.10 Å². The molecule has 0 saturated carbocycles. The van der Waals surface area contributed by atoms with E-state index in [1.165, 1.54) is 6.07 Å². The molecular weight excluding hydrogens is 371 g/mol. The molecule has 2 heterocycles. The third-order valence-electron chi connectivity index (χ3n) is 4.24. The van der Waals surface area contributed by atoms with E-state index in [0.29, 0.717) is 22.9 Å². The standard InChI is InChI=1S/C21H17FN6O/c1-14-3-4-15(13-18(14)22)21(29)25-17-7-5-16(6-8-17)24-19-9-10-20(27-26-19)28-12-2-11-23-28/h2-13H,1H3,(H,24,26)(H,25,29). The summed E-state index contributed by atoms with van der Waals surface area (Å²) in [5.74, 6) is 0.417. The molecule has 29 heavy (non-hydrogen) atoms. The van der Waals surface area contributed by atoms with E-state index in [2.05, 4.69) is 25.9 Å². The van der Waals surface area contributed by atoms with Gasteiger partial charge in [0.25, 0.3) is 5.91 Å². The van der Waals surface area contributed by atoms with Gasteiger partial charge in [-0.15, -0.1) is 10.2 Å². The smallest absolute Gasteiger partial charge is 0.255 e. The zero-order valence-electron chi connectivity index (χ0n) is 15.5. The number of carbonyl (C=O) groups is 1. The molecule has 4 aromatic rings. The summed E-state index contributed by atoms with van der Waals surface area (Å²) in [6.45, 7) is 1.65. The number of aromatic nitrogens is 4. The number of aryl methyl sites for hydroxylation is 1. The Bertz CT molecular complexity index is 1130. The van der Waals surface area contributed by atoms with Crippen molar-refractivity contribution in [2.45, 2.75) is 6.92 Å². The normalized spacial score (nSPS) is 10.6. The van der Waals surface area contributed by atoms with Crippen LogP contribution in [0.4, 0.5) is 21.6 Å². The fourth-order valence-electron chi connectivity index (χ4n) is 2.64. The molecule has 0 aliphatic carbocycles. The first-order valence-corrected chi connectivity index (χ1v) is 8.87. The number of hydrogen-bond donors (Lipinski definition) is 2. The summed E-state index contributed by atoms with van der Waals surface area (Å²) >= 11 is 0. The average molecular weight is 388 g/mol. The topological polar surface area (TPSA) is 84.7 Å². The van der Waals surface area contributed by atoms with Crippen LogP contribution in [-0.4, -0.2) is 25.9 Å². The zero-order valence-corrected chi connectivity index (χ0v) is 15.5. The predicted molar refractivity (Wildman–Crippen MR) is 108 cm³/mol. The number of carbonyl (C=O) groups excluding carboxylic acids is 1. The molecule has 0 saturated heterocycles. The van der Waals surface area contributed by atoms with Gasteiger partial charge in [0.2, 0.25) is 0 Å². The van der Waals surface area contributed by atoms with E-state index in [9.17, 15) is 9.18 Å². The molecule has 0 radical (unpaired) electrons. The SMILES string of the molecule is Cc1ccc(C(=O)Nc2ccc(Nc3ccc(-n4cccn4)nn3)cc2)cc1F. The average Bonchev–Trinajstić information content (AvgIpc) is 3.27. The van der Waals surface area contributed by atoms with Crippen molar-refractivity contribution in [2.75, 3.05) is 10.6 Å². The van der Waals surface area contributed by atoms with Gasteiger partial charge in [-0.1, -0.05) is 6.07 Å². The molecule has 144 valence electrons.